The second-order valence-corrected chi connectivity index (χ2v) is 8.02. The predicted octanol–water partition coefficient (Wildman–Crippen LogP) is 5.36. The van der Waals surface area contributed by atoms with Gasteiger partial charge in [-0.05, 0) is 29.8 Å². The summed E-state index contributed by atoms with van der Waals surface area (Å²) in [7, 11) is 0. The van der Waals surface area contributed by atoms with Crippen LogP contribution in [0.25, 0.3) is 0 Å². The van der Waals surface area contributed by atoms with Crippen LogP contribution in [-0.4, -0.2) is 28.8 Å². The molecule has 0 unspecified atom stereocenters. The molecule has 9 heteroatoms. The molecule has 5 nitrogen and oxygen atoms in total. The number of halogens is 4. The molecule has 2 amide bonds. The standard InChI is InChI=1S/C24H18ClF3N2O3/c25-17-13-11-15(12-14-17)20-19(21(31)16-7-3-1-4-8-16)23(33,24(26,27)28)30(22(32)29-20)18-9-5-2-6-10-18/h1-14,19-20,33H,(H,29,32)/t19-,20+,23-/m0/s1. The lowest BCUT2D eigenvalue weighted by Gasteiger charge is -2.51. The van der Waals surface area contributed by atoms with Crippen molar-refractivity contribution < 1.29 is 27.9 Å². The Labute approximate surface area is 192 Å². The fourth-order valence-electron chi connectivity index (χ4n) is 4.06. The number of nitrogens with zero attached hydrogens (tertiary/aromatic N) is 1. The Morgan fingerprint density at radius 1 is 0.939 bits per heavy atom. The predicted molar refractivity (Wildman–Crippen MR) is 117 cm³/mol. The molecule has 0 saturated carbocycles. The second-order valence-electron chi connectivity index (χ2n) is 7.58. The van der Waals surface area contributed by atoms with E-state index in [1.807, 2.05) is 0 Å². The number of aliphatic hydroxyl groups is 1. The Bertz CT molecular complexity index is 1160. The van der Waals surface area contributed by atoms with E-state index in [0.29, 0.717) is 5.02 Å². The SMILES string of the molecule is O=C(c1ccccc1)[C@@H]1[C@@H](c2ccc(Cl)cc2)NC(=O)N(c2ccccc2)[C@@]1(O)C(F)(F)F. The smallest absolute Gasteiger partial charge is 0.362 e. The number of alkyl halides is 3. The maximum Gasteiger partial charge on any atom is 0.437 e. The summed E-state index contributed by atoms with van der Waals surface area (Å²) >= 11 is 5.91. The molecule has 1 aliphatic heterocycles. The van der Waals surface area contributed by atoms with Crippen molar-refractivity contribution in [3.63, 3.8) is 0 Å². The molecule has 0 spiro atoms. The normalized spacial score (nSPS) is 23.2. The number of para-hydroxylation sites is 1. The molecule has 3 aromatic rings. The highest BCUT2D eigenvalue weighted by atomic mass is 35.5. The minimum absolute atomic E-state index is 0.0340. The highest BCUT2D eigenvalue weighted by Gasteiger charge is 2.70. The van der Waals surface area contributed by atoms with Crippen molar-refractivity contribution in [2.75, 3.05) is 4.90 Å². The molecule has 1 saturated heterocycles. The van der Waals surface area contributed by atoms with Gasteiger partial charge in [0.1, 0.15) is 5.92 Å². The van der Waals surface area contributed by atoms with Crippen LogP contribution in [0.15, 0.2) is 84.9 Å². The molecule has 170 valence electrons. The number of hydrogen-bond donors (Lipinski definition) is 2. The lowest BCUT2D eigenvalue weighted by Crippen LogP contribution is -2.74. The minimum Gasteiger partial charge on any atom is -0.362 e. The first-order chi connectivity index (χ1) is 15.6. The molecular weight excluding hydrogens is 457 g/mol. The Balaban J connectivity index is 1.96. The van der Waals surface area contributed by atoms with E-state index in [2.05, 4.69) is 5.32 Å². The summed E-state index contributed by atoms with van der Waals surface area (Å²) in [5.74, 6) is -3.10. The van der Waals surface area contributed by atoms with E-state index in [1.165, 1.54) is 72.8 Å². The molecule has 1 fully saturated rings. The van der Waals surface area contributed by atoms with E-state index < -0.39 is 35.7 Å². The van der Waals surface area contributed by atoms with Crippen molar-refractivity contribution in [3.05, 3.63) is 101 Å². The van der Waals surface area contributed by atoms with E-state index in [1.54, 1.807) is 12.1 Å². The second kappa shape index (κ2) is 8.53. The Morgan fingerprint density at radius 3 is 2.03 bits per heavy atom. The van der Waals surface area contributed by atoms with Gasteiger partial charge in [0.15, 0.2) is 5.78 Å². The molecule has 0 radical (unpaired) electrons. The molecule has 4 rings (SSSR count). The average molecular weight is 475 g/mol. The Kier molecular flexibility index (Phi) is 5.90. The number of nitrogens with one attached hydrogen (secondary N) is 1. The number of carbonyl (C=O) groups excluding carboxylic acids is 2. The first-order valence-electron chi connectivity index (χ1n) is 9.94. The summed E-state index contributed by atoms with van der Waals surface area (Å²) in [6.07, 6.45) is -5.37. The van der Waals surface area contributed by atoms with Gasteiger partial charge in [-0.15, -0.1) is 0 Å². The summed E-state index contributed by atoms with van der Waals surface area (Å²) < 4.78 is 44.0. The number of amides is 2. The summed E-state index contributed by atoms with van der Waals surface area (Å²) in [5, 5.41) is 14.2. The number of anilines is 1. The van der Waals surface area contributed by atoms with Gasteiger partial charge in [-0.2, -0.15) is 13.2 Å². The summed E-state index contributed by atoms with van der Waals surface area (Å²) in [6, 6.07) is 17.3. The van der Waals surface area contributed by atoms with E-state index in [-0.39, 0.29) is 21.7 Å². The van der Waals surface area contributed by atoms with Crippen molar-refractivity contribution >= 4 is 29.1 Å². The van der Waals surface area contributed by atoms with Gasteiger partial charge in [0.2, 0.25) is 0 Å². The zero-order valence-corrected chi connectivity index (χ0v) is 17.7. The van der Waals surface area contributed by atoms with Crippen LogP contribution in [-0.2, 0) is 0 Å². The first-order valence-corrected chi connectivity index (χ1v) is 10.3. The van der Waals surface area contributed by atoms with Gasteiger partial charge in [0.05, 0.1) is 6.04 Å². The number of carbonyl (C=O) groups is 2. The number of rotatable bonds is 4. The van der Waals surface area contributed by atoms with Gasteiger partial charge in [-0.3, -0.25) is 9.69 Å². The maximum atomic E-state index is 14.7. The third-order valence-electron chi connectivity index (χ3n) is 5.59. The van der Waals surface area contributed by atoms with Gasteiger partial charge < -0.3 is 10.4 Å². The highest BCUT2D eigenvalue weighted by molar-refractivity contribution is 6.30. The van der Waals surface area contributed by atoms with Gasteiger partial charge in [0.25, 0.3) is 5.72 Å². The molecule has 0 aromatic heterocycles. The average Bonchev–Trinajstić information content (AvgIpc) is 2.79. The zero-order valence-electron chi connectivity index (χ0n) is 17.0. The molecule has 3 atom stereocenters. The van der Waals surface area contributed by atoms with Gasteiger partial charge >= 0.3 is 12.2 Å². The van der Waals surface area contributed by atoms with Crippen molar-refractivity contribution in [1.82, 2.24) is 5.32 Å². The molecule has 2 N–H and O–H groups in total. The van der Waals surface area contributed by atoms with Crippen LogP contribution >= 0.6 is 11.6 Å². The van der Waals surface area contributed by atoms with Crippen LogP contribution in [0.5, 0.6) is 0 Å². The van der Waals surface area contributed by atoms with Gasteiger partial charge in [-0.25, -0.2) is 4.79 Å². The lowest BCUT2D eigenvalue weighted by atomic mass is 9.76. The van der Waals surface area contributed by atoms with Crippen LogP contribution in [0.1, 0.15) is 22.0 Å². The third-order valence-corrected chi connectivity index (χ3v) is 5.84. The topological polar surface area (TPSA) is 69.6 Å². The zero-order chi connectivity index (χ0) is 23.8. The van der Waals surface area contributed by atoms with E-state index in [0.717, 1.165) is 0 Å². The minimum atomic E-state index is -5.37. The van der Waals surface area contributed by atoms with Crippen molar-refractivity contribution in [2.24, 2.45) is 5.92 Å². The van der Waals surface area contributed by atoms with E-state index in [9.17, 15) is 27.9 Å². The summed E-state index contributed by atoms with van der Waals surface area (Å²) in [5.41, 5.74) is -3.89. The Hall–Kier alpha value is -3.36. The Morgan fingerprint density at radius 2 is 1.48 bits per heavy atom. The summed E-state index contributed by atoms with van der Waals surface area (Å²) in [4.78, 5) is 26.8. The molecule has 0 bridgehead atoms. The lowest BCUT2D eigenvalue weighted by molar-refractivity contribution is -0.275. The largest absolute Gasteiger partial charge is 0.437 e. The number of urea groups is 1. The third kappa shape index (κ3) is 3.96. The highest BCUT2D eigenvalue weighted by Crippen LogP contribution is 2.49. The monoisotopic (exact) mass is 474 g/mol. The van der Waals surface area contributed by atoms with Gasteiger partial charge in [0, 0.05) is 16.3 Å². The number of ketones is 1. The van der Waals surface area contributed by atoms with Crippen LogP contribution in [0.2, 0.25) is 5.02 Å². The van der Waals surface area contributed by atoms with Crippen LogP contribution in [0.4, 0.5) is 23.7 Å². The van der Waals surface area contributed by atoms with E-state index in [4.69, 9.17) is 11.6 Å². The quantitative estimate of drug-likeness (QED) is 0.500. The fraction of sp³-hybridized carbons (Fsp3) is 0.167. The van der Waals surface area contributed by atoms with Crippen LogP contribution < -0.4 is 10.2 Å². The van der Waals surface area contributed by atoms with Crippen molar-refractivity contribution in [3.8, 4) is 0 Å². The van der Waals surface area contributed by atoms with Gasteiger partial charge in [-0.1, -0.05) is 72.3 Å². The number of Topliss-reactive ketones (excluding diaryl/α,β-unsaturated/α-hetero) is 1. The van der Waals surface area contributed by atoms with E-state index >= 15 is 0 Å². The number of benzene rings is 3. The van der Waals surface area contributed by atoms with Crippen molar-refractivity contribution in [1.29, 1.82) is 0 Å². The first kappa shape index (κ1) is 22.8. The molecule has 1 heterocycles. The molecular formula is C24H18ClF3N2O3. The van der Waals surface area contributed by atoms with Crippen LogP contribution in [0.3, 0.4) is 0 Å². The summed E-state index contributed by atoms with van der Waals surface area (Å²) in [6.45, 7) is 0. The fourth-order valence-corrected chi connectivity index (χ4v) is 4.19. The molecule has 0 aliphatic carbocycles. The molecule has 1 aliphatic rings. The maximum absolute atomic E-state index is 14.7. The van der Waals surface area contributed by atoms with Crippen molar-refractivity contribution in [2.45, 2.75) is 17.9 Å². The molecule has 3 aromatic carbocycles. The van der Waals surface area contributed by atoms with Crippen LogP contribution in [0, 0.1) is 5.92 Å². The number of hydrogen-bond acceptors (Lipinski definition) is 3. The molecule has 33 heavy (non-hydrogen) atoms.